The summed E-state index contributed by atoms with van der Waals surface area (Å²) in [6.45, 7) is 6.44. The Kier molecular flexibility index (Phi) is 7.77. The van der Waals surface area contributed by atoms with Crippen molar-refractivity contribution in [2.24, 2.45) is 0 Å². The Bertz CT molecular complexity index is 1470. The highest BCUT2D eigenvalue weighted by Gasteiger charge is 2.16. The summed E-state index contributed by atoms with van der Waals surface area (Å²) in [4.78, 5) is 12.8. The van der Waals surface area contributed by atoms with Gasteiger partial charge in [-0.1, -0.05) is 42.5 Å². The molecule has 0 aliphatic heterocycles. The van der Waals surface area contributed by atoms with E-state index in [1.54, 1.807) is 16.8 Å². The number of carbonyl (C=O) groups is 1. The molecule has 3 aromatic carbocycles. The highest BCUT2D eigenvalue weighted by atomic mass is 79.9. The van der Waals surface area contributed by atoms with Crippen LogP contribution in [0.2, 0.25) is 0 Å². The van der Waals surface area contributed by atoms with Crippen LogP contribution in [0, 0.1) is 25.2 Å². The molecule has 0 bridgehead atoms. The molecule has 182 valence electrons. The third-order valence-corrected chi connectivity index (χ3v) is 6.33. The van der Waals surface area contributed by atoms with E-state index in [2.05, 4.69) is 39.6 Å². The minimum atomic E-state index is -0.495. The maximum atomic E-state index is 12.8. The smallest absolute Gasteiger partial charge is 0.280 e. The van der Waals surface area contributed by atoms with Crippen LogP contribution in [0.25, 0.3) is 16.8 Å². The molecule has 0 aliphatic rings. The third kappa shape index (κ3) is 5.45. The van der Waals surface area contributed by atoms with E-state index < -0.39 is 5.91 Å². The second-order valence-corrected chi connectivity index (χ2v) is 9.11. The molecule has 7 heteroatoms. The van der Waals surface area contributed by atoms with Gasteiger partial charge in [0.15, 0.2) is 11.5 Å². The Balaban J connectivity index is 1.61. The van der Waals surface area contributed by atoms with Crippen molar-refractivity contribution in [2.45, 2.75) is 27.4 Å². The minimum absolute atomic E-state index is 0.0266. The van der Waals surface area contributed by atoms with Gasteiger partial charge in [-0.25, -0.2) is 0 Å². The SMILES string of the molecule is CCOc1cc(/C=C(/C#N)C(=O)Nn2c(C)ccc2C)cc(Br)c1OCc1cccc2ccccc12. The van der Waals surface area contributed by atoms with Crippen LogP contribution in [0.15, 0.2) is 76.8 Å². The molecule has 0 saturated heterocycles. The van der Waals surface area contributed by atoms with Crippen LogP contribution in [0.5, 0.6) is 11.5 Å². The summed E-state index contributed by atoms with van der Waals surface area (Å²) in [6.07, 6.45) is 1.53. The third-order valence-electron chi connectivity index (χ3n) is 5.74. The van der Waals surface area contributed by atoms with Gasteiger partial charge in [-0.15, -0.1) is 0 Å². The van der Waals surface area contributed by atoms with Crippen LogP contribution in [-0.4, -0.2) is 17.2 Å². The second-order valence-electron chi connectivity index (χ2n) is 8.25. The van der Waals surface area contributed by atoms with Gasteiger partial charge in [-0.3, -0.25) is 14.9 Å². The second kappa shape index (κ2) is 11.1. The van der Waals surface area contributed by atoms with Gasteiger partial charge in [0.2, 0.25) is 0 Å². The fourth-order valence-corrected chi connectivity index (χ4v) is 4.54. The van der Waals surface area contributed by atoms with Crippen molar-refractivity contribution < 1.29 is 14.3 Å². The van der Waals surface area contributed by atoms with E-state index in [-0.39, 0.29) is 5.57 Å². The Hall–Kier alpha value is -4.02. The van der Waals surface area contributed by atoms with Crippen molar-refractivity contribution in [3.63, 3.8) is 0 Å². The fourth-order valence-electron chi connectivity index (χ4n) is 3.96. The number of hydrogen-bond acceptors (Lipinski definition) is 4. The number of fused-ring (bicyclic) bond motifs is 1. The highest BCUT2D eigenvalue weighted by Crippen LogP contribution is 2.38. The Morgan fingerprint density at radius 3 is 2.50 bits per heavy atom. The van der Waals surface area contributed by atoms with Crippen molar-refractivity contribution in [1.29, 1.82) is 5.26 Å². The lowest BCUT2D eigenvalue weighted by atomic mass is 10.1. The Morgan fingerprint density at radius 2 is 1.78 bits per heavy atom. The molecule has 1 aromatic heterocycles. The van der Waals surface area contributed by atoms with E-state index >= 15 is 0 Å². The van der Waals surface area contributed by atoms with E-state index in [1.807, 2.05) is 63.2 Å². The maximum absolute atomic E-state index is 12.8. The topological polar surface area (TPSA) is 76.3 Å². The zero-order valence-corrected chi connectivity index (χ0v) is 21.9. The van der Waals surface area contributed by atoms with E-state index in [9.17, 15) is 10.1 Å². The zero-order valence-electron chi connectivity index (χ0n) is 20.3. The molecule has 6 nitrogen and oxygen atoms in total. The molecule has 0 spiro atoms. The first-order chi connectivity index (χ1) is 17.4. The molecular weight excluding hydrogens is 518 g/mol. The number of ether oxygens (including phenoxy) is 2. The number of aryl methyl sites for hydroxylation is 2. The van der Waals surface area contributed by atoms with Gasteiger partial charge in [-0.05, 0) is 88.9 Å². The Morgan fingerprint density at radius 1 is 1.06 bits per heavy atom. The van der Waals surface area contributed by atoms with Crippen LogP contribution in [0.3, 0.4) is 0 Å². The van der Waals surface area contributed by atoms with Gasteiger partial charge >= 0.3 is 0 Å². The molecule has 36 heavy (non-hydrogen) atoms. The number of halogens is 1. The van der Waals surface area contributed by atoms with Gasteiger partial charge in [-0.2, -0.15) is 5.26 Å². The van der Waals surface area contributed by atoms with E-state index in [1.165, 1.54) is 6.08 Å². The van der Waals surface area contributed by atoms with Crippen molar-refractivity contribution in [3.8, 4) is 17.6 Å². The summed E-state index contributed by atoms with van der Waals surface area (Å²) in [5.74, 6) is 0.585. The predicted octanol–water partition coefficient (Wildman–Crippen LogP) is 6.68. The monoisotopic (exact) mass is 543 g/mol. The molecule has 1 heterocycles. The molecule has 0 fully saturated rings. The minimum Gasteiger partial charge on any atom is -0.490 e. The maximum Gasteiger partial charge on any atom is 0.280 e. The fraction of sp³-hybridized carbons (Fsp3) is 0.172. The number of amides is 1. The molecular formula is C29H26BrN3O3. The van der Waals surface area contributed by atoms with Crippen molar-refractivity contribution in [1.82, 2.24) is 4.68 Å². The van der Waals surface area contributed by atoms with Gasteiger partial charge < -0.3 is 9.47 Å². The lowest BCUT2D eigenvalue weighted by molar-refractivity contribution is -0.113. The number of carbonyl (C=O) groups excluding carboxylic acids is 1. The lowest BCUT2D eigenvalue weighted by Gasteiger charge is -2.16. The van der Waals surface area contributed by atoms with E-state index in [4.69, 9.17) is 9.47 Å². The van der Waals surface area contributed by atoms with Gasteiger partial charge in [0.05, 0.1) is 11.1 Å². The van der Waals surface area contributed by atoms with Crippen LogP contribution in [0.4, 0.5) is 0 Å². The van der Waals surface area contributed by atoms with Gasteiger partial charge in [0, 0.05) is 11.4 Å². The molecule has 0 atom stereocenters. The molecule has 1 N–H and O–H groups in total. The molecule has 4 aromatic rings. The number of nitrogens with one attached hydrogen (secondary N) is 1. The lowest BCUT2D eigenvalue weighted by Crippen LogP contribution is -2.25. The molecule has 0 aliphatic carbocycles. The van der Waals surface area contributed by atoms with E-state index in [0.717, 1.165) is 27.7 Å². The Labute approximate surface area is 218 Å². The first-order valence-corrected chi connectivity index (χ1v) is 12.3. The number of rotatable bonds is 8. The first-order valence-electron chi connectivity index (χ1n) is 11.5. The standard InChI is InChI=1S/C29H26BrN3O3/c1-4-35-27-16-21(14-24(17-31)29(34)32-33-19(2)12-13-20(33)3)15-26(30)28(27)36-18-23-10-7-9-22-8-5-6-11-25(22)23/h5-16H,4,18H2,1-3H3,(H,32,34)/b24-14-. The van der Waals surface area contributed by atoms with Crippen LogP contribution >= 0.6 is 15.9 Å². The summed E-state index contributed by atoms with van der Waals surface area (Å²) in [5, 5.41) is 11.9. The van der Waals surface area contributed by atoms with Crippen molar-refractivity contribution >= 4 is 38.7 Å². The number of nitriles is 1. The number of benzene rings is 3. The molecule has 0 radical (unpaired) electrons. The predicted molar refractivity (Wildman–Crippen MR) is 145 cm³/mol. The first kappa shape index (κ1) is 25.1. The average Bonchev–Trinajstić information content (AvgIpc) is 3.19. The quantitative estimate of drug-likeness (QED) is 0.199. The average molecular weight is 544 g/mol. The molecule has 1 amide bonds. The summed E-state index contributed by atoms with van der Waals surface area (Å²) in [5.41, 5.74) is 6.17. The van der Waals surface area contributed by atoms with Gasteiger partial charge in [0.1, 0.15) is 18.2 Å². The molecule has 0 saturated carbocycles. The van der Waals surface area contributed by atoms with Crippen LogP contribution in [-0.2, 0) is 11.4 Å². The van der Waals surface area contributed by atoms with Crippen molar-refractivity contribution in [2.75, 3.05) is 12.0 Å². The summed E-state index contributed by atoms with van der Waals surface area (Å²) in [7, 11) is 0. The zero-order chi connectivity index (χ0) is 25.7. The molecule has 0 unspecified atom stereocenters. The van der Waals surface area contributed by atoms with Crippen LogP contribution < -0.4 is 14.9 Å². The summed E-state index contributed by atoms with van der Waals surface area (Å²) in [6, 6.07) is 23.7. The highest BCUT2D eigenvalue weighted by molar-refractivity contribution is 9.10. The normalized spacial score (nSPS) is 11.2. The largest absolute Gasteiger partial charge is 0.490 e. The summed E-state index contributed by atoms with van der Waals surface area (Å²) >= 11 is 3.59. The summed E-state index contributed by atoms with van der Waals surface area (Å²) < 4.78 is 14.4. The van der Waals surface area contributed by atoms with Crippen molar-refractivity contribution in [3.05, 3.63) is 99.3 Å². The van der Waals surface area contributed by atoms with E-state index in [0.29, 0.717) is 34.7 Å². The molecule has 4 rings (SSSR count). The number of aromatic nitrogens is 1. The number of hydrogen-bond donors (Lipinski definition) is 1. The van der Waals surface area contributed by atoms with Gasteiger partial charge in [0.25, 0.3) is 5.91 Å². The number of nitrogens with zero attached hydrogens (tertiary/aromatic N) is 2. The van der Waals surface area contributed by atoms with Crippen LogP contribution in [0.1, 0.15) is 29.4 Å².